The Morgan fingerprint density at radius 2 is 1.75 bits per heavy atom. The van der Waals surface area contributed by atoms with Crippen LogP contribution < -0.4 is 4.74 Å². The summed E-state index contributed by atoms with van der Waals surface area (Å²) in [6.45, 7) is 4.43. The number of hydrogen-bond donors (Lipinski definition) is 1. The minimum atomic E-state index is -0.588. The van der Waals surface area contributed by atoms with Crippen molar-refractivity contribution in [2.75, 3.05) is 19.8 Å². The predicted octanol–water partition coefficient (Wildman–Crippen LogP) is 3.91. The highest BCUT2D eigenvalue weighted by molar-refractivity contribution is 5.50. The van der Waals surface area contributed by atoms with Crippen LogP contribution in [0.15, 0.2) is 36.4 Å². The number of aliphatic hydroxyl groups is 1. The summed E-state index contributed by atoms with van der Waals surface area (Å²) in [4.78, 5) is 0. The first-order valence-corrected chi connectivity index (χ1v) is 8.84. The Kier molecular flexibility index (Phi) is 4.30. The van der Waals surface area contributed by atoms with E-state index >= 15 is 0 Å². The standard InChI is InChI=1S/C21H24O3/c1-14-2-4-16(5-3-14)20(22)18-12-17-8-11-24-21(17)19(13-18)15-6-9-23-10-7-15/h2-5,12-13,15,20,22H,6-11H2,1H3. The van der Waals surface area contributed by atoms with Gasteiger partial charge in [-0.1, -0.05) is 29.8 Å². The van der Waals surface area contributed by atoms with Crippen molar-refractivity contribution in [2.45, 2.75) is 38.2 Å². The molecule has 0 amide bonds. The van der Waals surface area contributed by atoms with Crippen molar-refractivity contribution in [3.63, 3.8) is 0 Å². The van der Waals surface area contributed by atoms with Gasteiger partial charge in [0.1, 0.15) is 11.9 Å². The number of aryl methyl sites for hydroxylation is 1. The molecule has 1 N–H and O–H groups in total. The zero-order valence-electron chi connectivity index (χ0n) is 14.1. The van der Waals surface area contributed by atoms with E-state index in [1.54, 1.807) is 0 Å². The summed E-state index contributed by atoms with van der Waals surface area (Å²) in [6.07, 6.45) is 2.40. The van der Waals surface area contributed by atoms with E-state index in [9.17, 15) is 5.11 Å². The Morgan fingerprint density at radius 3 is 2.50 bits per heavy atom. The van der Waals surface area contributed by atoms with E-state index in [2.05, 4.69) is 31.2 Å². The fourth-order valence-electron chi connectivity index (χ4n) is 3.77. The highest BCUT2D eigenvalue weighted by Crippen LogP contribution is 2.41. The van der Waals surface area contributed by atoms with Crippen LogP contribution in [0.4, 0.5) is 0 Å². The summed E-state index contributed by atoms with van der Waals surface area (Å²) in [6, 6.07) is 12.4. The molecular formula is C21H24O3. The summed E-state index contributed by atoms with van der Waals surface area (Å²) >= 11 is 0. The molecule has 24 heavy (non-hydrogen) atoms. The van der Waals surface area contributed by atoms with Crippen LogP contribution in [-0.4, -0.2) is 24.9 Å². The van der Waals surface area contributed by atoms with Gasteiger partial charge in [-0.3, -0.25) is 0 Å². The second-order valence-corrected chi connectivity index (χ2v) is 6.90. The van der Waals surface area contributed by atoms with Gasteiger partial charge < -0.3 is 14.6 Å². The first kappa shape index (κ1) is 15.7. The molecule has 2 aliphatic heterocycles. The first-order valence-electron chi connectivity index (χ1n) is 8.84. The van der Waals surface area contributed by atoms with Gasteiger partial charge in [-0.25, -0.2) is 0 Å². The molecule has 0 radical (unpaired) electrons. The van der Waals surface area contributed by atoms with Crippen LogP contribution in [0.3, 0.4) is 0 Å². The van der Waals surface area contributed by atoms with Crippen LogP contribution in [-0.2, 0) is 11.2 Å². The van der Waals surface area contributed by atoms with Gasteiger partial charge >= 0.3 is 0 Å². The van der Waals surface area contributed by atoms with Gasteiger partial charge in [0, 0.05) is 19.6 Å². The van der Waals surface area contributed by atoms with Crippen LogP contribution in [0.2, 0.25) is 0 Å². The largest absolute Gasteiger partial charge is 0.493 e. The molecule has 1 saturated heterocycles. The van der Waals surface area contributed by atoms with Crippen molar-refractivity contribution in [1.82, 2.24) is 0 Å². The molecule has 2 heterocycles. The van der Waals surface area contributed by atoms with Gasteiger partial charge in [0.05, 0.1) is 6.61 Å². The molecule has 2 aliphatic rings. The van der Waals surface area contributed by atoms with Crippen molar-refractivity contribution in [3.8, 4) is 5.75 Å². The van der Waals surface area contributed by atoms with E-state index in [1.807, 2.05) is 12.1 Å². The molecule has 1 fully saturated rings. The van der Waals surface area contributed by atoms with Gasteiger partial charge in [0.25, 0.3) is 0 Å². The summed E-state index contributed by atoms with van der Waals surface area (Å²) in [5.74, 6) is 1.53. The lowest BCUT2D eigenvalue weighted by molar-refractivity contribution is 0.0847. The smallest absolute Gasteiger partial charge is 0.126 e. The highest BCUT2D eigenvalue weighted by Gasteiger charge is 2.26. The fourth-order valence-corrected chi connectivity index (χ4v) is 3.77. The number of fused-ring (bicyclic) bond motifs is 1. The van der Waals surface area contributed by atoms with E-state index in [0.717, 1.165) is 56.0 Å². The molecule has 2 aromatic carbocycles. The molecule has 1 atom stereocenters. The molecular weight excluding hydrogens is 300 g/mol. The summed E-state index contributed by atoms with van der Waals surface area (Å²) in [5.41, 5.74) is 5.62. The molecule has 2 aromatic rings. The van der Waals surface area contributed by atoms with E-state index in [-0.39, 0.29) is 0 Å². The summed E-state index contributed by atoms with van der Waals surface area (Å²) in [7, 11) is 0. The Hall–Kier alpha value is -1.84. The fraction of sp³-hybridized carbons (Fsp3) is 0.429. The third kappa shape index (κ3) is 2.94. The van der Waals surface area contributed by atoms with Gasteiger partial charge in [-0.15, -0.1) is 0 Å². The maximum absolute atomic E-state index is 10.9. The third-order valence-electron chi connectivity index (χ3n) is 5.20. The maximum atomic E-state index is 10.9. The Balaban J connectivity index is 1.72. The van der Waals surface area contributed by atoms with Crippen LogP contribution in [0, 0.1) is 6.92 Å². The van der Waals surface area contributed by atoms with Gasteiger partial charge in [0.2, 0.25) is 0 Å². The van der Waals surface area contributed by atoms with E-state index in [0.29, 0.717) is 5.92 Å². The average Bonchev–Trinajstić information content (AvgIpc) is 3.10. The lowest BCUT2D eigenvalue weighted by atomic mass is 9.86. The molecule has 0 aliphatic carbocycles. The van der Waals surface area contributed by atoms with E-state index < -0.39 is 6.10 Å². The Bertz CT molecular complexity index is 715. The molecule has 3 heteroatoms. The van der Waals surface area contributed by atoms with Crippen LogP contribution in [0.25, 0.3) is 0 Å². The summed E-state index contributed by atoms with van der Waals surface area (Å²) < 4.78 is 11.4. The number of aliphatic hydroxyl groups excluding tert-OH is 1. The van der Waals surface area contributed by atoms with Crippen molar-refractivity contribution in [1.29, 1.82) is 0 Å². The quantitative estimate of drug-likeness (QED) is 0.930. The molecule has 126 valence electrons. The monoisotopic (exact) mass is 324 g/mol. The Morgan fingerprint density at radius 1 is 1.00 bits per heavy atom. The molecule has 0 saturated carbocycles. The first-order chi connectivity index (χ1) is 11.7. The molecule has 1 unspecified atom stereocenters. The molecule has 4 rings (SSSR count). The van der Waals surface area contributed by atoms with Gasteiger partial charge in [0.15, 0.2) is 0 Å². The molecule has 3 nitrogen and oxygen atoms in total. The second kappa shape index (κ2) is 6.58. The Labute approximate surface area is 143 Å². The van der Waals surface area contributed by atoms with Crippen molar-refractivity contribution in [3.05, 3.63) is 64.2 Å². The van der Waals surface area contributed by atoms with Crippen LogP contribution >= 0.6 is 0 Å². The molecule has 0 bridgehead atoms. The van der Waals surface area contributed by atoms with Crippen molar-refractivity contribution >= 4 is 0 Å². The van der Waals surface area contributed by atoms with Crippen molar-refractivity contribution < 1.29 is 14.6 Å². The third-order valence-corrected chi connectivity index (χ3v) is 5.20. The number of rotatable bonds is 3. The normalized spacial score (nSPS) is 18.9. The van der Waals surface area contributed by atoms with Crippen LogP contribution in [0.1, 0.15) is 52.7 Å². The van der Waals surface area contributed by atoms with Crippen LogP contribution in [0.5, 0.6) is 5.75 Å². The lowest BCUT2D eigenvalue weighted by Crippen LogP contribution is -2.15. The molecule has 0 aromatic heterocycles. The lowest BCUT2D eigenvalue weighted by Gasteiger charge is -2.25. The van der Waals surface area contributed by atoms with E-state index in [4.69, 9.17) is 9.47 Å². The maximum Gasteiger partial charge on any atom is 0.126 e. The zero-order valence-corrected chi connectivity index (χ0v) is 14.1. The summed E-state index contributed by atoms with van der Waals surface area (Å²) in [5, 5.41) is 10.9. The van der Waals surface area contributed by atoms with Crippen molar-refractivity contribution in [2.24, 2.45) is 0 Å². The second-order valence-electron chi connectivity index (χ2n) is 6.90. The SMILES string of the molecule is Cc1ccc(C(O)c2cc3c(c(C4CCOCC4)c2)OCC3)cc1. The highest BCUT2D eigenvalue weighted by atomic mass is 16.5. The van der Waals surface area contributed by atoms with Gasteiger partial charge in [-0.2, -0.15) is 0 Å². The molecule has 0 spiro atoms. The van der Waals surface area contributed by atoms with E-state index in [1.165, 1.54) is 16.7 Å². The number of benzene rings is 2. The minimum absolute atomic E-state index is 0.468. The number of hydrogen-bond acceptors (Lipinski definition) is 3. The zero-order chi connectivity index (χ0) is 16.5. The number of ether oxygens (including phenoxy) is 2. The topological polar surface area (TPSA) is 38.7 Å². The average molecular weight is 324 g/mol. The van der Waals surface area contributed by atoms with Gasteiger partial charge in [-0.05, 0) is 60.1 Å². The minimum Gasteiger partial charge on any atom is -0.493 e. The predicted molar refractivity (Wildman–Crippen MR) is 93.7 cm³/mol.